The maximum absolute atomic E-state index is 5.97. The fourth-order valence-corrected chi connectivity index (χ4v) is 5.41. The molecule has 4 rings (SSSR count). The van der Waals surface area contributed by atoms with E-state index in [4.69, 9.17) is 4.74 Å². The molecule has 3 fully saturated rings. The predicted molar refractivity (Wildman–Crippen MR) is 113 cm³/mol. The van der Waals surface area contributed by atoms with Crippen LogP contribution in [0.15, 0.2) is 12.4 Å². The minimum absolute atomic E-state index is 0.429. The summed E-state index contributed by atoms with van der Waals surface area (Å²) in [5.74, 6) is 0.833. The molecular formula is C23H40N4O. The molecule has 1 saturated carbocycles. The highest BCUT2D eigenvalue weighted by molar-refractivity contribution is 5.04. The average molecular weight is 389 g/mol. The molecular weight excluding hydrogens is 348 g/mol. The smallest absolute Gasteiger partial charge is 0.0702 e. The molecule has 0 amide bonds. The number of ether oxygens (including phenoxy) is 1. The summed E-state index contributed by atoms with van der Waals surface area (Å²) in [7, 11) is 0. The average Bonchev–Trinajstić information content (AvgIpc) is 3.45. The normalized spacial score (nSPS) is 25.5. The molecule has 0 spiro atoms. The largest absolute Gasteiger partial charge is 0.377 e. The Hall–Kier alpha value is -0.910. The molecule has 158 valence electrons. The summed E-state index contributed by atoms with van der Waals surface area (Å²) in [6, 6.07) is 1.33. The van der Waals surface area contributed by atoms with Crippen LogP contribution in [0.2, 0.25) is 0 Å². The Balaban J connectivity index is 1.32. The molecule has 1 aliphatic carbocycles. The van der Waals surface area contributed by atoms with Crippen molar-refractivity contribution >= 4 is 0 Å². The van der Waals surface area contributed by atoms with Crippen LogP contribution in [0.4, 0.5) is 0 Å². The molecule has 28 heavy (non-hydrogen) atoms. The molecule has 1 aromatic heterocycles. The number of hydrogen-bond acceptors (Lipinski definition) is 4. The second-order valence-corrected chi connectivity index (χ2v) is 9.67. The lowest BCUT2D eigenvalue weighted by Crippen LogP contribution is -2.43. The Morgan fingerprint density at radius 3 is 2.50 bits per heavy atom. The predicted octanol–water partition coefficient (Wildman–Crippen LogP) is 4.10. The summed E-state index contributed by atoms with van der Waals surface area (Å²) in [4.78, 5) is 5.45. The van der Waals surface area contributed by atoms with Gasteiger partial charge in [-0.25, -0.2) is 0 Å². The SMILES string of the molecule is CC(C)n1cc(CN(CC2CCN(C3CCCC3)CC2)C[C@@H]2CCCO2)cn1. The van der Waals surface area contributed by atoms with Crippen LogP contribution in [0.5, 0.6) is 0 Å². The molecule has 0 bridgehead atoms. The number of nitrogens with zero attached hydrogens (tertiary/aromatic N) is 4. The lowest BCUT2D eigenvalue weighted by atomic mass is 9.94. The van der Waals surface area contributed by atoms with Crippen LogP contribution in [-0.4, -0.2) is 64.5 Å². The van der Waals surface area contributed by atoms with Crippen molar-refractivity contribution in [1.29, 1.82) is 0 Å². The van der Waals surface area contributed by atoms with Crippen LogP contribution in [0.1, 0.15) is 76.8 Å². The van der Waals surface area contributed by atoms with Gasteiger partial charge in [-0.3, -0.25) is 9.58 Å². The molecule has 2 saturated heterocycles. The van der Waals surface area contributed by atoms with Gasteiger partial charge in [-0.1, -0.05) is 12.8 Å². The van der Waals surface area contributed by atoms with Crippen LogP contribution in [0, 0.1) is 5.92 Å². The number of rotatable bonds is 8. The topological polar surface area (TPSA) is 33.5 Å². The molecule has 1 aromatic rings. The zero-order chi connectivity index (χ0) is 19.3. The van der Waals surface area contributed by atoms with Gasteiger partial charge >= 0.3 is 0 Å². The number of likely N-dealkylation sites (tertiary alicyclic amines) is 1. The van der Waals surface area contributed by atoms with Crippen LogP contribution in [0.3, 0.4) is 0 Å². The van der Waals surface area contributed by atoms with E-state index in [2.05, 4.69) is 45.8 Å². The number of piperidine rings is 1. The van der Waals surface area contributed by atoms with E-state index in [-0.39, 0.29) is 0 Å². The van der Waals surface area contributed by atoms with Crippen molar-refractivity contribution in [2.24, 2.45) is 5.92 Å². The van der Waals surface area contributed by atoms with Gasteiger partial charge < -0.3 is 9.64 Å². The first-order valence-electron chi connectivity index (χ1n) is 11.8. The van der Waals surface area contributed by atoms with Crippen LogP contribution in [0.25, 0.3) is 0 Å². The molecule has 5 nitrogen and oxygen atoms in total. The summed E-state index contributed by atoms with van der Waals surface area (Å²) in [5, 5.41) is 4.55. The van der Waals surface area contributed by atoms with Gasteiger partial charge in [0.05, 0.1) is 12.3 Å². The van der Waals surface area contributed by atoms with E-state index in [9.17, 15) is 0 Å². The highest BCUT2D eigenvalue weighted by Gasteiger charge is 2.29. The van der Waals surface area contributed by atoms with E-state index in [1.54, 1.807) is 0 Å². The van der Waals surface area contributed by atoms with E-state index < -0.39 is 0 Å². The van der Waals surface area contributed by atoms with Gasteiger partial charge in [0, 0.05) is 50.1 Å². The Morgan fingerprint density at radius 1 is 1.07 bits per heavy atom. The standard InChI is InChI=1S/C23H40N4O/c1-19(2)27-17-21(14-24-27)16-25(18-23-8-5-13-28-23)15-20-9-11-26(12-10-20)22-6-3-4-7-22/h14,17,19-20,22-23H,3-13,15-16,18H2,1-2H3/t23-/m0/s1. The molecule has 3 aliphatic rings. The Kier molecular flexibility index (Phi) is 7.08. The second-order valence-electron chi connectivity index (χ2n) is 9.67. The van der Waals surface area contributed by atoms with Crippen molar-refractivity contribution in [2.45, 2.75) is 89.9 Å². The van der Waals surface area contributed by atoms with Gasteiger partial charge in [-0.2, -0.15) is 5.10 Å². The third-order valence-corrected chi connectivity index (χ3v) is 7.08. The van der Waals surface area contributed by atoms with Crippen LogP contribution >= 0.6 is 0 Å². The Morgan fingerprint density at radius 2 is 1.86 bits per heavy atom. The summed E-state index contributed by atoms with van der Waals surface area (Å²) in [6.07, 6.45) is 15.7. The third-order valence-electron chi connectivity index (χ3n) is 7.08. The van der Waals surface area contributed by atoms with Crippen LogP contribution in [-0.2, 0) is 11.3 Å². The van der Waals surface area contributed by atoms with Gasteiger partial charge in [0.15, 0.2) is 0 Å². The van der Waals surface area contributed by atoms with Crippen molar-refractivity contribution in [3.63, 3.8) is 0 Å². The van der Waals surface area contributed by atoms with E-state index in [1.165, 1.54) is 76.6 Å². The van der Waals surface area contributed by atoms with Crippen molar-refractivity contribution in [1.82, 2.24) is 19.6 Å². The third kappa shape index (κ3) is 5.37. The first kappa shape index (κ1) is 20.4. The molecule has 0 aromatic carbocycles. The summed E-state index contributed by atoms with van der Waals surface area (Å²) in [5.41, 5.74) is 1.34. The van der Waals surface area contributed by atoms with Gasteiger partial charge in [0.25, 0.3) is 0 Å². The second kappa shape index (κ2) is 9.73. The molecule has 0 N–H and O–H groups in total. The van der Waals surface area contributed by atoms with Crippen molar-refractivity contribution in [3.05, 3.63) is 18.0 Å². The molecule has 0 unspecified atom stereocenters. The maximum Gasteiger partial charge on any atom is 0.0702 e. The van der Waals surface area contributed by atoms with Crippen molar-refractivity contribution in [2.75, 3.05) is 32.8 Å². The summed E-state index contributed by atoms with van der Waals surface area (Å²) < 4.78 is 8.05. The first-order chi connectivity index (χ1) is 13.7. The molecule has 1 atom stereocenters. The zero-order valence-corrected chi connectivity index (χ0v) is 18.1. The number of hydrogen-bond donors (Lipinski definition) is 0. The Labute approximate surface area is 171 Å². The molecule has 0 radical (unpaired) electrons. The van der Waals surface area contributed by atoms with Gasteiger partial charge in [-0.15, -0.1) is 0 Å². The highest BCUT2D eigenvalue weighted by atomic mass is 16.5. The van der Waals surface area contributed by atoms with Gasteiger partial charge in [0.2, 0.25) is 0 Å². The van der Waals surface area contributed by atoms with E-state index in [0.717, 1.165) is 31.7 Å². The maximum atomic E-state index is 5.97. The van der Waals surface area contributed by atoms with E-state index in [0.29, 0.717) is 12.1 Å². The van der Waals surface area contributed by atoms with Crippen molar-refractivity contribution < 1.29 is 4.74 Å². The summed E-state index contributed by atoms with van der Waals surface area (Å²) in [6.45, 7) is 11.3. The quantitative estimate of drug-likeness (QED) is 0.671. The zero-order valence-electron chi connectivity index (χ0n) is 18.1. The molecule has 3 heterocycles. The lowest BCUT2D eigenvalue weighted by Gasteiger charge is -2.38. The minimum Gasteiger partial charge on any atom is -0.377 e. The first-order valence-corrected chi connectivity index (χ1v) is 11.8. The van der Waals surface area contributed by atoms with E-state index >= 15 is 0 Å². The lowest BCUT2D eigenvalue weighted by molar-refractivity contribution is 0.0540. The van der Waals surface area contributed by atoms with Crippen molar-refractivity contribution in [3.8, 4) is 0 Å². The number of aromatic nitrogens is 2. The fraction of sp³-hybridized carbons (Fsp3) is 0.870. The molecule has 5 heteroatoms. The minimum atomic E-state index is 0.429. The Bertz CT molecular complexity index is 581. The van der Waals surface area contributed by atoms with Crippen LogP contribution < -0.4 is 0 Å². The molecule has 2 aliphatic heterocycles. The monoisotopic (exact) mass is 388 g/mol. The highest BCUT2D eigenvalue weighted by Crippen LogP contribution is 2.28. The summed E-state index contributed by atoms with van der Waals surface area (Å²) >= 11 is 0. The van der Waals surface area contributed by atoms with Gasteiger partial charge in [-0.05, 0) is 71.4 Å². The fourth-order valence-electron chi connectivity index (χ4n) is 5.41. The van der Waals surface area contributed by atoms with Gasteiger partial charge in [0.1, 0.15) is 0 Å². The van der Waals surface area contributed by atoms with E-state index in [1.807, 2.05) is 0 Å².